The lowest BCUT2D eigenvalue weighted by Gasteiger charge is -1.81. The molecule has 0 spiro atoms. The smallest absolute Gasteiger partial charge is 0.170 e. The van der Waals surface area contributed by atoms with Gasteiger partial charge in [0, 0.05) is 5.39 Å². The lowest BCUT2D eigenvalue weighted by atomic mass is 10.3. The van der Waals surface area contributed by atoms with Gasteiger partial charge in [-0.3, -0.25) is 0 Å². The Morgan fingerprint density at radius 1 is 1.20 bits per heavy atom. The van der Waals surface area contributed by atoms with Crippen LogP contribution in [0.5, 0.6) is 0 Å². The Balaban J connectivity index is 2.88. The SMILES string of the molecule is Brc1cc2ccccc2o1. The number of para-hydroxylation sites is 1. The molecule has 0 bridgehead atoms. The van der Waals surface area contributed by atoms with Crippen molar-refractivity contribution < 1.29 is 4.42 Å². The molecule has 0 aliphatic heterocycles. The Morgan fingerprint density at radius 2 is 2.00 bits per heavy atom. The minimum Gasteiger partial charge on any atom is -0.449 e. The van der Waals surface area contributed by atoms with Gasteiger partial charge < -0.3 is 4.42 Å². The molecule has 1 aromatic heterocycles. The first-order valence-electron chi connectivity index (χ1n) is 3.00. The van der Waals surface area contributed by atoms with Crippen LogP contribution in [0, 0.1) is 0 Å². The van der Waals surface area contributed by atoms with Crippen molar-refractivity contribution in [2.45, 2.75) is 0 Å². The molecule has 0 aliphatic rings. The zero-order valence-electron chi connectivity index (χ0n) is 5.17. The lowest BCUT2D eigenvalue weighted by Crippen LogP contribution is -1.57. The summed E-state index contributed by atoms with van der Waals surface area (Å²) < 4.78 is 6.07. The average molecular weight is 197 g/mol. The molecule has 2 rings (SSSR count). The minimum atomic E-state index is 0.786. The summed E-state index contributed by atoms with van der Waals surface area (Å²) in [6.45, 7) is 0. The topological polar surface area (TPSA) is 13.1 Å². The molecule has 0 saturated carbocycles. The summed E-state index contributed by atoms with van der Waals surface area (Å²) >= 11 is 3.26. The summed E-state index contributed by atoms with van der Waals surface area (Å²) in [4.78, 5) is 0. The van der Waals surface area contributed by atoms with Gasteiger partial charge in [0.25, 0.3) is 0 Å². The minimum absolute atomic E-state index is 0.786. The number of hydrogen-bond acceptors (Lipinski definition) is 1. The highest BCUT2D eigenvalue weighted by Crippen LogP contribution is 2.22. The number of fused-ring (bicyclic) bond motifs is 1. The van der Waals surface area contributed by atoms with E-state index in [2.05, 4.69) is 15.9 Å². The van der Waals surface area contributed by atoms with Crippen LogP contribution in [0.3, 0.4) is 0 Å². The molecule has 0 saturated heterocycles. The normalized spacial score (nSPS) is 10.5. The molecule has 2 aromatic rings. The largest absolute Gasteiger partial charge is 0.449 e. The maximum absolute atomic E-state index is 5.28. The Hall–Kier alpha value is -0.760. The van der Waals surface area contributed by atoms with Crippen molar-refractivity contribution in [1.82, 2.24) is 0 Å². The van der Waals surface area contributed by atoms with E-state index in [9.17, 15) is 0 Å². The van der Waals surface area contributed by atoms with Gasteiger partial charge in [-0.05, 0) is 28.1 Å². The van der Waals surface area contributed by atoms with Crippen molar-refractivity contribution >= 4 is 26.9 Å². The van der Waals surface area contributed by atoms with Crippen LogP contribution in [-0.4, -0.2) is 0 Å². The summed E-state index contributed by atoms with van der Waals surface area (Å²) in [5.41, 5.74) is 0.925. The predicted octanol–water partition coefficient (Wildman–Crippen LogP) is 3.20. The van der Waals surface area contributed by atoms with Crippen LogP contribution in [0.25, 0.3) is 11.0 Å². The Labute approximate surface area is 66.8 Å². The summed E-state index contributed by atoms with van der Waals surface area (Å²) in [5, 5.41) is 1.13. The van der Waals surface area contributed by atoms with Gasteiger partial charge in [0.1, 0.15) is 5.58 Å². The van der Waals surface area contributed by atoms with Crippen LogP contribution in [0.1, 0.15) is 0 Å². The third kappa shape index (κ3) is 0.847. The van der Waals surface area contributed by atoms with Crippen molar-refractivity contribution in [3.63, 3.8) is 0 Å². The standard InChI is InChI=1S/C8H5BrO/c9-8-5-6-3-1-2-4-7(6)10-8/h1-5H. The Bertz CT molecular complexity index is 318. The van der Waals surface area contributed by atoms with E-state index in [1.54, 1.807) is 0 Å². The molecule has 0 fully saturated rings. The van der Waals surface area contributed by atoms with E-state index in [0.717, 1.165) is 15.6 Å². The van der Waals surface area contributed by atoms with Gasteiger partial charge in [-0.15, -0.1) is 0 Å². The summed E-state index contributed by atoms with van der Waals surface area (Å²) in [5.74, 6) is 0. The van der Waals surface area contributed by atoms with Crippen LogP contribution in [0.2, 0.25) is 0 Å². The second-order valence-corrected chi connectivity index (χ2v) is 2.87. The molecule has 0 N–H and O–H groups in total. The van der Waals surface area contributed by atoms with Gasteiger partial charge in [0.15, 0.2) is 4.67 Å². The molecule has 1 aromatic carbocycles. The molecule has 10 heavy (non-hydrogen) atoms. The fourth-order valence-corrected chi connectivity index (χ4v) is 1.37. The molecule has 0 amide bonds. The molecule has 1 heterocycles. The van der Waals surface area contributed by atoms with Crippen LogP contribution in [0.4, 0.5) is 0 Å². The maximum atomic E-state index is 5.28. The third-order valence-corrected chi connectivity index (χ3v) is 1.79. The Kier molecular flexibility index (Phi) is 1.27. The molecular formula is C8H5BrO. The summed E-state index contributed by atoms with van der Waals surface area (Å²) in [6, 6.07) is 9.86. The predicted molar refractivity (Wildman–Crippen MR) is 43.9 cm³/mol. The van der Waals surface area contributed by atoms with Gasteiger partial charge in [0.05, 0.1) is 0 Å². The molecule has 0 unspecified atom stereocenters. The van der Waals surface area contributed by atoms with E-state index >= 15 is 0 Å². The van der Waals surface area contributed by atoms with Gasteiger partial charge in [-0.2, -0.15) is 0 Å². The first-order chi connectivity index (χ1) is 4.86. The molecule has 2 heteroatoms. The van der Waals surface area contributed by atoms with Gasteiger partial charge in [0.2, 0.25) is 0 Å². The molecule has 0 radical (unpaired) electrons. The van der Waals surface area contributed by atoms with Gasteiger partial charge in [-0.25, -0.2) is 0 Å². The van der Waals surface area contributed by atoms with Crippen molar-refractivity contribution in [3.8, 4) is 0 Å². The zero-order valence-corrected chi connectivity index (χ0v) is 6.76. The molecular weight excluding hydrogens is 192 g/mol. The monoisotopic (exact) mass is 196 g/mol. The summed E-state index contributed by atoms with van der Waals surface area (Å²) in [6.07, 6.45) is 0. The van der Waals surface area contributed by atoms with Crippen molar-refractivity contribution in [1.29, 1.82) is 0 Å². The van der Waals surface area contributed by atoms with Crippen LogP contribution < -0.4 is 0 Å². The number of benzene rings is 1. The zero-order chi connectivity index (χ0) is 6.97. The molecule has 50 valence electrons. The van der Waals surface area contributed by atoms with Crippen molar-refractivity contribution in [2.24, 2.45) is 0 Å². The van der Waals surface area contributed by atoms with Crippen molar-refractivity contribution in [2.75, 3.05) is 0 Å². The van der Waals surface area contributed by atoms with Crippen LogP contribution in [0.15, 0.2) is 39.4 Å². The van der Waals surface area contributed by atoms with E-state index in [0.29, 0.717) is 0 Å². The fourth-order valence-electron chi connectivity index (χ4n) is 0.949. The Morgan fingerprint density at radius 3 is 2.80 bits per heavy atom. The molecule has 0 atom stereocenters. The lowest BCUT2D eigenvalue weighted by molar-refractivity contribution is 0.587. The first-order valence-corrected chi connectivity index (χ1v) is 3.79. The van der Waals surface area contributed by atoms with E-state index in [4.69, 9.17) is 4.42 Å². The second-order valence-electron chi connectivity index (χ2n) is 2.09. The maximum Gasteiger partial charge on any atom is 0.170 e. The van der Waals surface area contributed by atoms with Crippen molar-refractivity contribution in [3.05, 3.63) is 35.0 Å². The fraction of sp³-hybridized carbons (Fsp3) is 0. The number of hydrogen-bond donors (Lipinski definition) is 0. The quantitative estimate of drug-likeness (QED) is 0.631. The van der Waals surface area contributed by atoms with Crippen LogP contribution in [-0.2, 0) is 0 Å². The highest BCUT2D eigenvalue weighted by molar-refractivity contribution is 9.10. The van der Waals surface area contributed by atoms with E-state index in [1.165, 1.54) is 0 Å². The van der Waals surface area contributed by atoms with E-state index < -0.39 is 0 Å². The number of halogens is 1. The number of rotatable bonds is 0. The van der Waals surface area contributed by atoms with E-state index in [-0.39, 0.29) is 0 Å². The highest BCUT2D eigenvalue weighted by Gasteiger charge is 1.96. The molecule has 0 aliphatic carbocycles. The average Bonchev–Trinajstić information content (AvgIpc) is 2.27. The molecule has 1 nitrogen and oxygen atoms in total. The number of furan rings is 1. The van der Waals surface area contributed by atoms with Gasteiger partial charge in [-0.1, -0.05) is 18.2 Å². The van der Waals surface area contributed by atoms with Gasteiger partial charge >= 0.3 is 0 Å². The third-order valence-electron chi connectivity index (χ3n) is 1.40. The second kappa shape index (κ2) is 2.13. The summed E-state index contributed by atoms with van der Waals surface area (Å²) in [7, 11) is 0. The highest BCUT2D eigenvalue weighted by atomic mass is 79.9. The van der Waals surface area contributed by atoms with E-state index in [1.807, 2.05) is 30.3 Å². The first kappa shape index (κ1) is 5.98. The van der Waals surface area contributed by atoms with Crippen LogP contribution >= 0.6 is 15.9 Å².